The van der Waals surface area contributed by atoms with Crippen molar-refractivity contribution in [1.29, 1.82) is 0 Å². The van der Waals surface area contributed by atoms with Crippen molar-refractivity contribution in [2.24, 2.45) is 5.73 Å². The van der Waals surface area contributed by atoms with E-state index in [9.17, 15) is 0 Å². The Hall–Kier alpha value is -1.26. The summed E-state index contributed by atoms with van der Waals surface area (Å²) in [6, 6.07) is 8.51. The lowest BCUT2D eigenvalue weighted by Crippen LogP contribution is -2.18. The zero-order valence-corrected chi connectivity index (χ0v) is 11.7. The average Bonchev–Trinajstić information content (AvgIpc) is 2.86. The Morgan fingerprint density at radius 3 is 2.72 bits per heavy atom. The first-order chi connectivity index (χ1) is 8.70. The smallest absolute Gasteiger partial charge is 0.126 e. The van der Waals surface area contributed by atoms with Crippen LogP contribution < -0.4 is 5.73 Å². The second-order valence-electron chi connectivity index (χ2n) is 4.30. The Morgan fingerprint density at radius 2 is 2.06 bits per heavy atom. The molecule has 0 fully saturated rings. The van der Waals surface area contributed by atoms with Crippen LogP contribution in [0.1, 0.15) is 24.4 Å². The van der Waals surface area contributed by atoms with Crippen LogP contribution >= 0.6 is 11.8 Å². The first-order valence-corrected chi connectivity index (χ1v) is 7.15. The maximum atomic E-state index is 6.19. The molecule has 0 aliphatic heterocycles. The van der Waals surface area contributed by atoms with Gasteiger partial charge in [-0.05, 0) is 26.0 Å². The van der Waals surface area contributed by atoms with Crippen molar-refractivity contribution in [3.8, 4) is 0 Å². The zero-order chi connectivity index (χ0) is 13.0. The first-order valence-electron chi connectivity index (χ1n) is 6.16. The van der Waals surface area contributed by atoms with Gasteiger partial charge < -0.3 is 10.3 Å². The number of benzene rings is 1. The number of imidazole rings is 1. The van der Waals surface area contributed by atoms with E-state index in [2.05, 4.69) is 47.7 Å². The van der Waals surface area contributed by atoms with E-state index in [1.165, 1.54) is 10.5 Å². The Bertz CT molecular complexity index is 490. The van der Waals surface area contributed by atoms with Gasteiger partial charge in [-0.2, -0.15) is 0 Å². The highest BCUT2D eigenvalue weighted by atomic mass is 32.2. The van der Waals surface area contributed by atoms with E-state index in [4.69, 9.17) is 5.73 Å². The van der Waals surface area contributed by atoms with Gasteiger partial charge in [-0.3, -0.25) is 0 Å². The van der Waals surface area contributed by atoms with Crippen molar-refractivity contribution in [2.75, 3.05) is 5.75 Å². The summed E-state index contributed by atoms with van der Waals surface area (Å²) >= 11 is 1.78. The summed E-state index contributed by atoms with van der Waals surface area (Å²) in [6.07, 6.45) is 3.79. The van der Waals surface area contributed by atoms with Gasteiger partial charge in [-0.1, -0.05) is 17.7 Å². The quantitative estimate of drug-likeness (QED) is 0.841. The number of thioether (sulfide) groups is 1. The van der Waals surface area contributed by atoms with Crippen molar-refractivity contribution in [3.05, 3.63) is 48.0 Å². The third-order valence-corrected chi connectivity index (χ3v) is 4.00. The molecule has 4 heteroatoms. The summed E-state index contributed by atoms with van der Waals surface area (Å²) in [6.45, 7) is 5.11. The Balaban J connectivity index is 1.96. The molecule has 1 atom stereocenters. The molecule has 0 bridgehead atoms. The van der Waals surface area contributed by atoms with Gasteiger partial charge in [-0.25, -0.2) is 4.98 Å². The summed E-state index contributed by atoms with van der Waals surface area (Å²) in [4.78, 5) is 5.59. The lowest BCUT2D eigenvalue weighted by Gasteiger charge is -2.12. The minimum atomic E-state index is -0.0220. The van der Waals surface area contributed by atoms with Gasteiger partial charge in [0.2, 0.25) is 0 Å². The van der Waals surface area contributed by atoms with Crippen LogP contribution in [-0.4, -0.2) is 15.3 Å². The van der Waals surface area contributed by atoms with Gasteiger partial charge >= 0.3 is 0 Å². The van der Waals surface area contributed by atoms with E-state index in [0.717, 1.165) is 18.1 Å². The van der Waals surface area contributed by atoms with E-state index >= 15 is 0 Å². The molecule has 0 spiro atoms. The molecular formula is C14H19N3S. The van der Waals surface area contributed by atoms with Crippen LogP contribution in [0.25, 0.3) is 0 Å². The van der Waals surface area contributed by atoms with Gasteiger partial charge in [-0.15, -0.1) is 11.8 Å². The van der Waals surface area contributed by atoms with E-state index in [0.29, 0.717) is 0 Å². The summed E-state index contributed by atoms with van der Waals surface area (Å²) < 4.78 is 2.10. The average molecular weight is 261 g/mol. The van der Waals surface area contributed by atoms with Crippen LogP contribution in [0.4, 0.5) is 0 Å². The van der Waals surface area contributed by atoms with Crippen molar-refractivity contribution >= 4 is 11.8 Å². The monoisotopic (exact) mass is 261 g/mol. The molecule has 2 rings (SSSR count). The highest BCUT2D eigenvalue weighted by Gasteiger charge is 2.12. The first kappa shape index (κ1) is 13.2. The molecule has 1 unspecified atom stereocenters. The fourth-order valence-corrected chi connectivity index (χ4v) is 2.66. The number of rotatable bonds is 5. The van der Waals surface area contributed by atoms with Crippen LogP contribution in [0.2, 0.25) is 0 Å². The Kier molecular flexibility index (Phi) is 4.44. The molecule has 0 aliphatic rings. The lowest BCUT2D eigenvalue weighted by molar-refractivity contribution is 0.642. The minimum absolute atomic E-state index is 0.0220. The molecule has 1 aromatic carbocycles. The van der Waals surface area contributed by atoms with E-state index in [1.807, 2.05) is 12.4 Å². The molecule has 0 aliphatic carbocycles. The number of hydrogen-bond donors (Lipinski definition) is 1. The molecule has 1 heterocycles. The highest BCUT2D eigenvalue weighted by molar-refractivity contribution is 7.99. The van der Waals surface area contributed by atoms with Gasteiger partial charge in [0.25, 0.3) is 0 Å². The molecule has 2 aromatic rings. The molecule has 0 radical (unpaired) electrons. The number of aromatic nitrogens is 2. The molecular weight excluding hydrogens is 242 g/mol. The van der Waals surface area contributed by atoms with Crippen molar-refractivity contribution in [1.82, 2.24) is 9.55 Å². The largest absolute Gasteiger partial charge is 0.334 e. The standard InChI is InChI=1S/C14H19N3S/c1-3-17-9-8-16-14(17)13(15)10-18-12-6-4-11(2)5-7-12/h4-9,13H,3,10,15H2,1-2H3. The number of hydrogen-bond acceptors (Lipinski definition) is 3. The summed E-state index contributed by atoms with van der Waals surface area (Å²) in [7, 11) is 0. The van der Waals surface area contributed by atoms with Crippen LogP contribution in [0.5, 0.6) is 0 Å². The fraction of sp³-hybridized carbons (Fsp3) is 0.357. The van der Waals surface area contributed by atoms with E-state index in [1.54, 1.807) is 11.8 Å². The summed E-state index contributed by atoms with van der Waals surface area (Å²) in [5.41, 5.74) is 7.47. The molecule has 18 heavy (non-hydrogen) atoms. The second kappa shape index (κ2) is 6.07. The molecule has 0 saturated carbocycles. The predicted molar refractivity (Wildman–Crippen MR) is 76.7 cm³/mol. The maximum Gasteiger partial charge on any atom is 0.126 e. The summed E-state index contributed by atoms with van der Waals surface area (Å²) in [5.74, 6) is 1.82. The Morgan fingerprint density at radius 1 is 1.33 bits per heavy atom. The van der Waals surface area contributed by atoms with Gasteiger partial charge in [0.1, 0.15) is 5.82 Å². The third kappa shape index (κ3) is 3.15. The van der Waals surface area contributed by atoms with Gasteiger partial charge in [0, 0.05) is 29.6 Å². The molecule has 2 N–H and O–H groups in total. The third-order valence-electron chi connectivity index (χ3n) is 2.87. The fourth-order valence-electron chi connectivity index (χ4n) is 1.81. The van der Waals surface area contributed by atoms with Crippen molar-refractivity contribution in [2.45, 2.75) is 31.3 Å². The normalized spacial score (nSPS) is 12.6. The molecule has 0 amide bonds. The van der Waals surface area contributed by atoms with E-state index < -0.39 is 0 Å². The molecule has 96 valence electrons. The van der Waals surface area contributed by atoms with Crippen LogP contribution in [0, 0.1) is 6.92 Å². The SMILES string of the molecule is CCn1ccnc1C(N)CSc1ccc(C)cc1. The van der Waals surface area contributed by atoms with Gasteiger partial charge in [0.05, 0.1) is 6.04 Å². The number of nitrogens with two attached hydrogens (primary N) is 1. The van der Waals surface area contributed by atoms with Crippen LogP contribution in [0.15, 0.2) is 41.6 Å². The second-order valence-corrected chi connectivity index (χ2v) is 5.40. The summed E-state index contributed by atoms with van der Waals surface area (Å²) in [5, 5.41) is 0. The zero-order valence-electron chi connectivity index (χ0n) is 10.8. The van der Waals surface area contributed by atoms with Crippen LogP contribution in [-0.2, 0) is 6.54 Å². The minimum Gasteiger partial charge on any atom is -0.334 e. The van der Waals surface area contributed by atoms with Crippen LogP contribution in [0.3, 0.4) is 0 Å². The van der Waals surface area contributed by atoms with Crippen molar-refractivity contribution in [3.63, 3.8) is 0 Å². The highest BCUT2D eigenvalue weighted by Crippen LogP contribution is 2.23. The molecule has 1 aromatic heterocycles. The number of nitrogens with zero attached hydrogens (tertiary/aromatic N) is 2. The van der Waals surface area contributed by atoms with Crippen molar-refractivity contribution < 1.29 is 0 Å². The molecule has 3 nitrogen and oxygen atoms in total. The number of aryl methyl sites for hydroxylation is 2. The van der Waals surface area contributed by atoms with E-state index in [-0.39, 0.29) is 6.04 Å². The lowest BCUT2D eigenvalue weighted by atomic mass is 10.2. The maximum absolute atomic E-state index is 6.19. The molecule has 0 saturated heterocycles. The topological polar surface area (TPSA) is 43.8 Å². The predicted octanol–water partition coefficient (Wildman–Crippen LogP) is 3.00. The van der Waals surface area contributed by atoms with Gasteiger partial charge in [0.15, 0.2) is 0 Å². The Labute approximate surface area is 112 Å².